The van der Waals surface area contributed by atoms with Crippen LogP contribution in [0.4, 0.5) is 0 Å². The van der Waals surface area contributed by atoms with Crippen LogP contribution in [-0.4, -0.2) is 17.1 Å². The molecule has 0 saturated carbocycles. The van der Waals surface area contributed by atoms with Gasteiger partial charge in [-0.1, -0.05) is 36.4 Å². The van der Waals surface area contributed by atoms with Crippen LogP contribution in [0.2, 0.25) is 0 Å². The molecule has 0 fully saturated rings. The predicted octanol–water partition coefficient (Wildman–Crippen LogP) is 4.69. The smallest absolute Gasteiger partial charge is 0.118 e. The fourth-order valence-corrected chi connectivity index (χ4v) is 2.96. The summed E-state index contributed by atoms with van der Waals surface area (Å²) in [4.78, 5) is 9.58. The highest BCUT2D eigenvalue weighted by Gasteiger charge is 2.06. The third kappa shape index (κ3) is 2.69. The SMILES string of the molecule is COc1ccc(Cc2ccc3ccc4ccc(C)nc4c3n2)cc1. The number of aryl methyl sites for hydroxylation is 1. The normalized spacial score (nSPS) is 11.1. The van der Waals surface area contributed by atoms with Crippen LogP contribution >= 0.6 is 0 Å². The van der Waals surface area contributed by atoms with Gasteiger partial charge in [-0.2, -0.15) is 0 Å². The van der Waals surface area contributed by atoms with E-state index in [1.165, 1.54) is 5.56 Å². The Morgan fingerprint density at radius 3 is 2.08 bits per heavy atom. The number of pyridine rings is 2. The van der Waals surface area contributed by atoms with E-state index >= 15 is 0 Å². The number of methoxy groups -OCH3 is 1. The van der Waals surface area contributed by atoms with Crippen molar-refractivity contribution < 1.29 is 4.74 Å². The number of benzene rings is 2. The Morgan fingerprint density at radius 1 is 0.750 bits per heavy atom. The molecule has 4 aromatic rings. The van der Waals surface area contributed by atoms with Crippen molar-refractivity contribution in [3.8, 4) is 5.75 Å². The van der Waals surface area contributed by atoms with Crippen LogP contribution in [0.25, 0.3) is 21.8 Å². The van der Waals surface area contributed by atoms with Gasteiger partial charge in [0.1, 0.15) is 5.75 Å². The van der Waals surface area contributed by atoms with E-state index in [-0.39, 0.29) is 0 Å². The van der Waals surface area contributed by atoms with Crippen molar-refractivity contribution in [3.63, 3.8) is 0 Å². The topological polar surface area (TPSA) is 35.0 Å². The van der Waals surface area contributed by atoms with Crippen LogP contribution in [0.1, 0.15) is 17.0 Å². The van der Waals surface area contributed by atoms with E-state index in [9.17, 15) is 0 Å². The summed E-state index contributed by atoms with van der Waals surface area (Å²) in [6.07, 6.45) is 0.794. The lowest BCUT2D eigenvalue weighted by Crippen LogP contribution is -1.95. The summed E-state index contributed by atoms with van der Waals surface area (Å²) >= 11 is 0. The van der Waals surface area contributed by atoms with Gasteiger partial charge in [0.05, 0.1) is 18.1 Å². The van der Waals surface area contributed by atoms with Crippen molar-refractivity contribution in [1.82, 2.24) is 9.97 Å². The van der Waals surface area contributed by atoms with Crippen molar-refractivity contribution >= 4 is 21.8 Å². The van der Waals surface area contributed by atoms with Crippen LogP contribution < -0.4 is 4.74 Å². The minimum absolute atomic E-state index is 0.794. The monoisotopic (exact) mass is 314 g/mol. The highest BCUT2D eigenvalue weighted by molar-refractivity contribution is 6.02. The molecule has 3 nitrogen and oxygen atoms in total. The van der Waals surface area contributed by atoms with Gasteiger partial charge in [0.25, 0.3) is 0 Å². The van der Waals surface area contributed by atoms with Crippen molar-refractivity contribution in [2.75, 3.05) is 7.11 Å². The van der Waals surface area contributed by atoms with Gasteiger partial charge in [0, 0.05) is 28.6 Å². The Kier molecular flexibility index (Phi) is 3.62. The third-order valence-electron chi connectivity index (χ3n) is 4.26. The molecule has 2 aromatic carbocycles. The van der Waals surface area contributed by atoms with Gasteiger partial charge in [-0.3, -0.25) is 9.97 Å². The highest BCUT2D eigenvalue weighted by atomic mass is 16.5. The second-order valence-corrected chi connectivity index (χ2v) is 5.99. The summed E-state index contributed by atoms with van der Waals surface area (Å²) in [7, 11) is 1.68. The number of hydrogen-bond donors (Lipinski definition) is 0. The van der Waals surface area contributed by atoms with E-state index in [0.29, 0.717) is 0 Å². The molecule has 24 heavy (non-hydrogen) atoms. The molecule has 0 atom stereocenters. The van der Waals surface area contributed by atoms with Gasteiger partial charge in [0.15, 0.2) is 0 Å². The first kappa shape index (κ1) is 14.6. The Hall–Kier alpha value is -2.94. The number of hydrogen-bond acceptors (Lipinski definition) is 3. The van der Waals surface area contributed by atoms with Crippen LogP contribution in [0.5, 0.6) is 5.75 Å². The average molecular weight is 314 g/mol. The molecular formula is C21H18N2O. The van der Waals surface area contributed by atoms with Crippen LogP contribution in [0.3, 0.4) is 0 Å². The Bertz CT molecular complexity index is 1020. The number of nitrogens with zero attached hydrogens (tertiary/aromatic N) is 2. The maximum absolute atomic E-state index is 5.21. The summed E-state index contributed by atoms with van der Waals surface area (Å²) < 4.78 is 5.21. The molecule has 0 unspecified atom stereocenters. The zero-order valence-electron chi connectivity index (χ0n) is 13.8. The first-order valence-electron chi connectivity index (χ1n) is 8.02. The summed E-state index contributed by atoms with van der Waals surface area (Å²) in [5.74, 6) is 0.871. The molecule has 0 radical (unpaired) electrons. The lowest BCUT2D eigenvalue weighted by atomic mass is 10.1. The van der Waals surface area contributed by atoms with Crippen LogP contribution in [0.15, 0.2) is 60.7 Å². The Morgan fingerprint density at radius 2 is 1.38 bits per heavy atom. The minimum atomic E-state index is 0.794. The molecule has 0 amide bonds. The standard InChI is InChI=1S/C21H18N2O/c1-14-3-6-16-7-8-17-9-10-18(23-21(17)20(16)22-14)13-15-4-11-19(24-2)12-5-15/h3-12H,13H2,1-2H3. The highest BCUT2D eigenvalue weighted by Crippen LogP contribution is 2.24. The number of ether oxygens (including phenoxy) is 1. The van der Waals surface area contributed by atoms with Gasteiger partial charge in [-0.05, 0) is 36.8 Å². The first-order chi connectivity index (χ1) is 11.7. The molecule has 0 N–H and O–H groups in total. The molecule has 0 aliphatic rings. The zero-order valence-corrected chi connectivity index (χ0v) is 13.8. The third-order valence-corrected chi connectivity index (χ3v) is 4.26. The van der Waals surface area contributed by atoms with Crippen molar-refractivity contribution in [1.29, 1.82) is 0 Å². The zero-order chi connectivity index (χ0) is 16.5. The predicted molar refractivity (Wildman–Crippen MR) is 97.6 cm³/mol. The van der Waals surface area contributed by atoms with Crippen molar-refractivity contribution in [2.24, 2.45) is 0 Å². The second kappa shape index (κ2) is 5.93. The van der Waals surface area contributed by atoms with Gasteiger partial charge in [-0.25, -0.2) is 0 Å². The number of aromatic nitrogens is 2. The molecule has 4 rings (SSSR count). The fourth-order valence-electron chi connectivity index (χ4n) is 2.96. The van der Waals surface area contributed by atoms with E-state index in [4.69, 9.17) is 14.7 Å². The van der Waals surface area contributed by atoms with E-state index < -0.39 is 0 Å². The minimum Gasteiger partial charge on any atom is -0.497 e. The number of rotatable bonds is 3. The maximum Gasteiger partial charge on any atom is 0.118 e. The Balaban J connectivity index is 1.78. The summed E-state index contributed by atoms with van der Waals surface area (Å²) in [6.45, 7) is 2.01. The second-order valence-electron chi connectivity index (χ2n) is 5.99. The van der Waals surface area contributed by atoms with Crippen LogP contribution in [0, 0.1) is 6.92 Å². The fraction of sp³-hybridized carbons (Fsp3) is 0.143. The molecule has 2 aromatic heterocycles. The lowest BCUT2D eigenvalue weighted by Gasteiger charge is -2.07. The quantitative estimate of drug-likeness (QED) is 0.515. The summed E-state index contributed by atoms with van der Waals surface area (Å²) in [5, 5.41) is 2.25. The van der Waals surface area contributed by atoms with Gasteiger partial charge in [-0.15, -0.1) is 0 Å². The van der Waals surface area contributed by atoms with Gasteiger partial charge >= 0.3 is 0 Å². The molecule has 0 aliphatic heterocycles. The van der Waals surface area contributed by atoms with Crippen molar-refractivity contribution in [3.05, 3.63) is 77.6 Å². The van der Waals surface area contributed by atoms with Crippen LogP contribution in [-0.2, 0) is 6.42 Å². The van der Waals surface area contributed by atoms with E-state index in [0.717, 1.165) is 45.4 Å². The Labute approximate surface area is 140 Å². The number of fused-ring (bicyclic) bond motifs is 3. The van der Waals surface area contributed by atoms with E-state index in [1.807, 2.05) is 25.1 Å². The average Bonchev–Trinajstić information content (AvgIpc) is 2.62. The molecule has 3 heteroatoms. The molecule has 118 valence electrons. The van der Waals surface area contributed by atoms with Gasteiger partial charge < -0.3 is 4.74 Å². The summed E-state index contributed by atoms with van der Waals surface area (Å²) in [5.41, 5.74) is 5.22. The van der Waals surface area contributed by atoms with E-state index in [2.05, 4.69) is 42.5 Å². The first-order valence-corrected chi connectivity index (χ1v) is 8.02. The molecule has 0 aliphatic carbocycles. The molecule has 0 saturated heterocycles. The maximum atomic E-state index is 5.21. The molecule has 2 heterocycles. The molecule has 0 bridgehead atoms. The lowest BCUT2D eigenvalue weighted by molar-refractivity contribution is 0.414. The van der Waals surface area contributed by atoms with E-state index in [1.54, 1.807) is 7.11 Å². The largest absolute Gasteiger partial charge is 0.497 e. The summed E-state index contributed by atoms with van der Waals surface area (Å²) in [6, 6.07) is 20.7. The van der Waals surface area contributed by atoms with Crippen molar-refractivity contribution in [2.45, 2.75) is 13.3 Å². The molecule has 0 spiro atoms. The van der Waals surface area contributed by atoms with Gasteiger partial charge in [0.2, 0.25) is 0 Å². The molecular weight excluding hydrogens is 296 g/mol.